The summed E-state index contributed by atoms with van der Waals surface area (Å²) in [7, 11) is 0. The van der Waals surface area contributed by atoms with Crippen molar-refractivity contribution in [2.75, 3.05) is 6.54 Å². The van der Waals surface area contributed by atoms with Gasteiger partial charge in [0.05, 0.1) is 17.0 Å². The number of phenols is 1. The topological polar surface area (TPSA) is 70.8 Å². The molecular formula is C21H17NO4. The molecule has 1 N–H and O–H groups in total. The molecule has 0 spiro atoms. The molecule has 0 fully saturated rings. The minimum Gasteiger partial charge on any atom is -0.508 e. The molecule has 4 rings (SSSR count). The van der Waals surface area contributed by atoms with Crippen molar-refractivity contribution in [2.24, 2.45) is 0 Å². The molecule has 26 heavy (non-hydrogen) atoms. The Hall–Kier alpha value is -3.34. The quantitative estimate of drug-likeness (QED) is 0.736. The van der Waals surface area contributed by atoms with Gasteiger partial charge in [0, 0.05) is 6.54 Å². The predicted octanol–water partition coefficient (Wildman–Crippen LogP) is 3.54. The third-order valence-electron chi connectivity index (χ3n) is 4.63. The summed E-state index contributed by atoms with van der Waals surface area (Å²) in [6.07, 6.45) is 1.61. The number of nitrogens with zero attached hydrogens (tertiary/aromatic N) is 1. The number of amides is 1. The Morgan fingerprint density at radius 2 is 2.04 bits per heavy atom. The Labute approximate surface area is 149 Å². The zero-order chi connectivity index (χ0) is 18.4. The van der Waals surface area contributed by atoms with Crippen molar-refractivity contribution in [1.29, 1.82) is 0 Å². The van der Waals surface area contributed by atoms with Gasteiger partial charge in [-0.15, -0.1) is 6.58 Å². The summed E-state index contributed by atoms with van der Waals surface area (Å²) < 4.78 is 5.82. The van der Waals surface area contributed by atoms with Crippen LogP contribution in [0.5, 0.6) is 5.75 Å². The highest BCUT2D eigenvalue weighted by molar-refractivity contribution is 5.99. The lowest BCUT2D eigenvalue weighted by Gasteiger charge is -2.23. The number of hydrogen-bond acceptors (Lipinski definition) is 4. The number of aryl methyl sites for hydroxylation is 1. The number of aromatic hydroxyl groups is 1. The van der Waals surface area contributed by atoms with Crippen LogP contribution in [0.1, 0.15) is 33.3 Å². The lowest BCUT2D eigenvalue weighted by Crippen LogP contribution is -2.29. The lowest BCUT2D eigenvalue weighted by atomic mass is 9.98. The van der Waals surface area contributed by atoms with E-state index in [9.17, 15) is 14.7 Å². The molecule has 0 aliphatic carbocycles. The maximum atomic E-state index is 13.2. The summed E-state index contributed by atoms with van der Waals surface area (Å²) >= 11 is 0. The minimum absolute atomic E-state index is 0.0570. The van der Waals surface area contributed by atoms with Crippen molar-refractivity contribution in [3.8, 4) is 5.75 Å². The van der Waals surface area contributed by atoms with Crippen LogP contribution in [0.3, 0.4) is 0 Å². The van der Waals surface area contributed by atoms with Gasteiger partial charge < -0.3 is 14.4 Å². The first-order chi connectivity index (χ1) is 12.5. The van der Waals surface area contributed by atoms with E-state index in [0.717, 1.165) is 5.56 Å². The normalized spacial score (nSPS) is 16.1. The predicted molar refractivity (Wildman–Crippen MR) is 98.4 cm³/mol. The summed E-state index contributed by atoms with van der Waals surface area (Å²) in [6, 6.07) is 11.3. The maximum Gasteiger partial charge on any atom is 0.291 e. The fourth-order valence-corrected chi connectivity index (χ4v) is 3.50. The average molecular weight is 347 g/mol. The molecule has 0 saturated carbocycles. The molecule has 1 amide bonds. The highest BCUT2D eigenvalue weighted by Crippen LogP contribution is 2.38. The molecule has 0 unspecified atom stereocenters. The van der Waals surface area contributed by atoms with Gasteiger partial charge in [-0.3, -0.25) is 9.59 Å². The Bertz CT molecular complexity index is 1110. The van der Waals surface area contributed by atoms with Crippen LogP contribution in [0.2, 0.25) is 0 Å². The second-order valence-corrected chi connectivity index (χ2v) is 6.42. The van der Waals surface area contributed by atoms with Crippen LogP contribution in [0.4, 0.5) is 0 Å². The highest BCUT2D eigenvalue weighted by atomic mass is 16.3. The van der Waals surface area contributed by atoms with E-state index in [-0.39, 0.29) is 29.4 Å². The molecule has 0 bridgehead atoms. The standard InChI is InChI=1S/C21H17NO4/c1-3-9-22-18(13-5-4-6-14(23)11-13)17-19(24)15-10-12(2)7-8-16(15)26-20(17)21(22)25/h3-8,10-11,18,23H,1,9H2,2H3/t18-/m1/s1. The first kappa shape index (κ1) is 16.1. The summed E-state index contributed by atoms with van der Waals surface area (Å²) in [4.78, 5) is 27.6. The van der Waals surface area contributed by atoms with Gasteiger partial charge in [0.25, 0.3) is 5.91 Å². The third-order valence-corrected chi connectivity index (χ3v) is 4.63. The molecule has 1 aliphatic rings. The second kappa shape index (κ2) is 5.88. The van der Waals surface area contributed by atoms with Crippen LogP contribution in [0, 0.1) is 6.92 Å². The maximum absolute atomic E-state index is 13.2. The average Bonchev–Trinajstić information content (AvgIpc) is 2.89. The van der Waals surface area contributed by atoms with E-state index in [0.29, 0.717) is 22.1 Å². The molecule has 1 aromatic heterocycles. The molecule has 1 aliphatic heterocycles. The zero-order valence-corrected chi connectivity index (χ0v) is 14.2. The molecule has 0 radical (unpaired) electrons. The highest BCUT2D eigenvalue weighted by Gasteiger charge is 2.42. The van der Waals surface area contributed by atoms with Gasteiger partial charge in [-0.1, -0.05) is 29.8 Å². The monoisotopic (exact) mass is 347 g/mol. The number of carbonyl (C=O) groups excluding carboxylic acids is 1. The fourth-order valence-electron chi connectivity index (χ4n) is 3.50. The largest absolute Gasteiger partial charge is 0.508 e. The summed E-state index contributed by atoms with van der Waals surface area (Å²) in [5.41, 5.74) is 2.06. The van der Waals surface area contributed by atoms with Gasteiger partial charge in [-0.2, -0.15) is 0 Å². The molecule has 2 aromatic carbocycles. The number of rotatable bonds is 3. The summed E-state index contributed by atoms with van der Waals surface area (Å²) in [6.45, 7) is 5.86. The van der Waals surface area contributed by atoms with Crippen molar-refractivity contribution >= 4 is 16.9 Å². The van der Waals surface area contributed by atoms with Gasteiger partial charge in [-0.05, 0) is 36.8 Å². The van der Waals surface area contributed by atoms with E-state index in [1.165, 1.54) is 4.90 Å². The molecule has 0 saturated heterocycles. The van der Waals surface area contributed by atoms with Crippen LogP contribution in [-0.4, -0.2) is 22.5 Å². The van der Waals surface area contributed by atoms with Crippen molar-refractivity contribution in [1.82, 2.24) is 4.90 Å². The molecule has 3 aromatic rings. The Kier molecular flexibility index (Phi) is 3.65. The first-order valence-electron chi connectivity index (χ1n) is 8.29. The summed E-state index contributed by atoms with van der Waals surface area (Å²) in [5, 5.41) is 10.3. The van der Waals surface area contributed by atoms with E-state index in [4.69, 9.17) is 4.42 Å². The third kappa shape index (κ3) is 2.32. The zero-order valence-electron chi connectivity index (χ0n) is 14.2. The number of hydrogen-bond donors (Lipinski definition) is 1. The second-order valence-electron chi connectivity index (χ2n) is 6.42. The van der Waals surface area contributed by atoms with Crippen LogP contribution in [0.15, 0.2) is 64.3 Å². The van der Waals surface area contributed by atoms with Gasteiger partial charge >= 0.3 is 0 Å². The molecule has 5 heteroatoms. The van der Waals surface area contributed by atoms with E-state index < -0.39 is 6.04 Å². The van der Waals surface area contributed by atoms with Gasteiger partial charge in [0.2, 0.25) is 5.76 Å². The minimum atomic E-state index is -0.622. The molecule has 130 valence electrons. The molecule has 2 heterocycles. The molecular weight excluding hydrogens is 330 g/mol. The van der Waals surface area contributed by atoms with Gasteiger partial charge in [0.15, 0.2) is 5.43 Å². The van der Waals surface area contributed by atoms with Gasteiger partial charge in [-0.25, -0.2) is 0 Å². The smallest absolute Gasteiger partial charge is 0.291 e. The molecule has 5 nitrogen and oxygen atoms in total. The number of benzene rings is 2. The number of fused-ring (bicyclic) bond motifs is 2. The van der Waals surface area contributed by atoms with E-state index in [1.807, 2.05) is 13.0 Å². The van der Waals surface area contributed by atoms with Crippen LogP contribution in [0.25, 0.3) is 11.0 Å². The van der Waals surface area contributed by atoms with Crippen molar-refractivity contribution in [2.45, 2.75) is 13.0 Å². The molecule has 1 atom stereocenters. The fraction of sp³-hybridized carbons (Fsp3) is 0.143. The lowest BCUT2D eigenvalue weighted by molar-refractivity contribution is 0.0748. The Morgan fingerprint density at radius 3 is 2.77 bits per heavy atom. The van der Waals surface area contributed by atoms with E-state index >= 15 is 0 Å². The number of phenolic OH excluding ortho intramolecular Hbond substituents is 1. The SMILES string of the molecule is C=CCN1C(=O)c2oc3ccc(C)cc3c(=O)c2[C@H]1c1cccc(O)c1. The van der Waals surface area contributed by atoms with Crippen molar-refractivity contribution < 1.29 is 14.3 Å². The Balaban J connectivity index is 2.04. The summed E-state index contributed by atoms with van der Waals surface area (Å²) in [5.74, 6) is -0.225. The van der Waals surface area contributed by atoms with E-state index in [2.05, 4.69) is 6.58 Å². The number of carbonyl (C=O) groups is 1. The van der Waals surface area contributed by atoms with Crippen molar-refractivity contribution in [3.05, 3.63) is 87.8 Å². The van der Waals surface area contributed by atoms with Crippen LogP contribution < -0.4 is 5.43 Å². The van der Waals surface area contributed by atoms with E-state index in [1.54, 1.807) is 42.5 Å². The Morgan fingerprint density at radius 1 is 1.23 bits per heavy atom. The first-order valence-corrected chi connectivity index (χ1v) is 8.29. The van der Waals surface area contributed by atoms with Gasteiger partial charge in [0.1, 0.15) is 11.3 Å². The van der Waals surface area contributed by atoms with Crippen LogP contribution in [-0.2, 0) is 0 Å². The van der Waals surface area contributed by atoms with Crippen molar-refractivity contribution in [3.63, 3.8) is 0 Å². The van der Waals surface area contributed by atoms with Crippen LogP contribution >= 0.6 is 0 Å².